The fourth-order valence-electron chi connectivity index (χ4n) is 1.58. The van der Waals surface area contributed by atoms with Crippen molar-refractivity contribution in [1.82, 2.24) is 0 Å². The standard InChI is InChI=1S/C12H16O4/c1-2-3-4-9-10(13)5-8(6-11(9)14)7-12(15)16/h5-6,13-14H,2-4,7H2,1H3,(H,15,16). The number of rotatable bonds is 5. The van der Waals surface area contributed by atoms with Crippen molar-refractivity contribution in [2.75, 3.05) is 0 Å². The van der Waals surface area contributed by atoms with Gasteiger partial charge in [0.25, 0.3) is 0 Å². The van der Waals surface area contributed by atoms with Gasteiger partial charge in [-0.05, 0) is 30.5 Å². The molecular weight excluding hydrogens is 208 g/mol. The Morgan fingerprint density at radius 1 is 1.25 bits per heavy atom. The molecule has 1 rings (SSSR count). The molecule has 0 amide bonds. The highest BCUT2D eigenvalue weighted by Gasteiger charge is 2.11. The average molecular weight is 224 g/mol. The molecule has 0 aromatic heterocycles. The molecule has 0 bridgehead atoms. The zero-order valence-electron chi connectivity index (χ0n) is 9.23. The van der Waals surface area contributed by atoms with Gasteiger partial charge in [-0.1, -0.05) is 13.3 Å². The lowest BCUT2D eigenvalue weighted by atomic mass is 10.0. The lowest BCUT2D eigenvalue weighted by Gasteiger charge is -2.08. The second-order valence-electron chi connectivity index (χ2n) is 3.79. The van der Waals surface area contributed by atoms with Crippen molar-refractivity contribution in [2.45, 2.75) is 32.6 Å². The Morgan fingerprint density at radius 3 is 2.25 bits per heavy atom. The first-order valence-electron chi connectivity index (χ1n) is 5.30. The van der Waals surface area contributed by atoms with Crippen LogP contribution < -0.4 is 0 Å². The minimum Gasteiger partial charge on any atom is -0.508 e. The highest BCUT2D eigenvalue weighted by molar-refractivity contribution is 5.71. The van der Waals surface area contributed by atoms with Crippen molar-refractivity contribution in [3.8, 4) is 11.5 Å². The van der Waals surface area contributed by atoms with Crippen molar-refractivity contribution in [1.29, 1.82) is 0 Å². The minimum absolute atomic E-state index is 0.0234. The lowest BCUT2D eigenvalue weighted by molar-refractivity contribution is -0.136. The highest BCUT2D eigenvalue weighted by atomic mass is 16.4. The second-order valence-corrected chi connectivity index (χ2v) is 3.79. The number of aliphatic carboxylic acids is 1. The van der Waals surface area contributed by atoms with Crippen molar-refractivity contribution in [3.63, 3.8) is 0 Å². The van der Waals surface area contributed by atoms with Crippen LogP contribution in [0.2, 0.25) is 0 Å². The van der Waals surface area contributed by atoms with Gasteiger partial charge in [-0.2, -0.15) is 0 Å². The summed E-state index contributed by atoms with van der Waals surface area (Å²) in [7, 11) is 0. The van der Waals surface area contributed by atoms with Crippen molar-refractivity contribution in [2.24, 2.45) is 0 Å². The second kappa shape index (κ2) is 5.39. The maximum absolute atomic E-state index is 10.5. The third kappa shape index (κ3) is 3.15. The van der Waals surface area contributed by atoms with Gasteiger partial charge in [0, 0.05) is 5.56 Å². The van der Waals surface area contributed by atoms with Gasteiger partial charge in [0.05, 0.1) is 6.42 Å². The highest BCUT2D eigenvalue weighted by Crippen LogP contribution is 2.30. The van der Waals surface area contributed by atoms with Crippen LogP contribution in [-0.2, 0) is 17.6 Å². The minimum atomic E-state index is -0.986. The van der Waals surface area contributed by atoms with Crippen LogP contribution in [0.5, 0.6) is 11.5 Å². The molecule has 0 aliphatic carbocycles. The molecular formula is C12H16O4. The third-order valence-electron chi connectivity index (χ3n) is 2.40. The molecule has 88 valence electrons. The first-order valence-corrected chi connectivity index (χ1v) is 5.30. The summed E-state index contributed by atoms with van der Waals surface area (Å²) in [5.41, 5.74) is 0.902. The van der Waals surface area contributed by atoms with Crippen LogP contribution in [0.4, 0.5) is 0 Å². The molecule has 0 unspecified atom stereocenters. The van der Waals surface area contributed by atoms with Gasteiger partial charge in [-0.25, -0.2) is 0 Å². The molecule has 16 heavy (non-hydrogen) atoms. The Morgan fingerprint density at radius 2 is 1.81 bits per heavy atom. The Labute approximate surface area is 94.2 Å². The van der Waals surface area contributed by atoms with Crippen LogP contribution in [0.3, 0.4) is 0 Å². The van der Waals surface area contributed by atoms with Gasteiger partial charge in [0.2, 0.25) is 0 Å². The number of aromatic hydroxyl groups is 2. The SMILES string of the molecule is CCCCc1c(O)cc(CC(=O)O)cc1O. The number of phenols is 2. The summed E-state index contributed by atoms with van der Waals surface area (Å²) in [4.78, 5) is 10.5. The number of hydrogen-bond acceptors (Lipinski definition) is 3. The Bertz CT molecular complexity index is 362. The van der Waals surface area contributed by atoms with Gasteiger partial charge in [0.1, 0.15) is 11.5 Å². The van der Waals surface area contributed by atoms with Crippen LogP contribution in [0, 0.1) is 0 Å². The van der Waals surface area contributed by atoms with Crippen molar-refractivity contribution < 1.29 is 20.1 Å². The van der Waals surface area contributed by atoms with Gasteiger partial charge >= 0.3 is 5.97 Å². The number of benzene rings is 1. The Balaban J connectivity index is 2.93. The number of carboxylic acids is 1. The maximum Gasteiger partial charge on any atom is 0.307 e. The van der Waals surface area contributed by atoms with E-state index in [1.54, 1.807) is 0 Å². The van der Waals surface area contributed by atoms with Crippen molar-refractivity contribution >= 4 is 5.97 Å². The topological polar surface area (TPSA) is 77.8 Å². The van der Waals surface area contributed by atoms with Crippen LogP contribution in [0.15, 0.2) is 12.1 Å². The molecule has 0 aliphatic rings. The Hall–Kier alpha value is -1.71. The monoisotopic (exact) mass is 224 g/mol. The van der Waals surface area contributed by atoms with E-state index in [0.29, 0.717) is 17.5 Å². The van der Waals surface area contributed by atoms with E-state index in [9.17, 15) is 15.0 Å². The summed E-state index contributed by atoms with van der Waals surface area (Å²) in [5, 5.41) is 27.9. The molecule has 0 radical (unpaired) electrons. The molecule has 1 aromatic carbocycles. The molecule has 0 spiro atoms. The third-order valence-corrected chi connectivity index (χ3v) is 2.40. The van der Waals surface area contributed by atoms with Gasteiger partial charge in [-0.15, -0.1) is 0 Å². The molecule has 3 N–H and O–H groups in total. The van der Waals surface area contributed by atoms with Crippen LogP contribution in [0.1, 0.15) is 30.9 Å². The number of carboxylic acid groups (broad SMARTS) is 1. The van der Waals surface area contributed by atoms with E-state index in [1.165, 1.54) is 12.1 Å². The van der Waals surface area contributed by atoms with Crippen LogP contribution in [0.25, 0.3) is 0 Å². The Kier molecular flexibility index (Phi) is 4.17. The fourth-order valence-corrected chi connectivity index (χ4v) is 1.58. The molecule has 4 heteroatoms. The number of hydrogen-bond donors (Lipinski definition) is 3. The van der Waals surface area contributed by atoms with Gasteiger partial charge in [0.15, 0.2) is 0 Å². The van der Waals surface area contributed by atoms with Crippen LogP contribution >= 0.6 is 0 Å². The fraction of sp³-hybridized carbons (Fsp3) is 0.417. The van der Waals surface area contributed by atoms with Gasteiger partial charge < -0.3 is 15.3 Å². The van der Waals surface area contributed by atoms with E-state index in [2.05, 4.69) is 0 Å². The molecule has 0 atom stereocenters. The summed E-state index contributed by atoms with van der Waals surface area (Å²) in [6.07, 6.45) is 2.24. The van der Waals surface area contributed by atoms with E-state index in [-0.39, 0.29) is 17.9 Å². The lowest BCUT2D eigenvalue weighted by Crippen LogP contribution is -2.00. The van der Waals surface area contributed by atoms with E-state index in [4.69, 9.17) is 5.11 Å². The smallest absolute Gasteiger partial charge is 0.307 e. The summed E-state index contributed by atoms with van der Waals surface area (Å²) >= 11 is 0. The predicted octanol–water partition coefficient (Wildman–Crippen LogP) is 2.07. The van der Waals surface area contributed by atoms with E-state index in [1.807, 2.05) is 6.92 Å². The predicted molar refractivity (Wildman–Crippen MR) is 59.7 cm³/mol. The molecule has 4 nitrogen and oxygen atoms in total. The normalized spacial score (nSPS) is 10.3. The summed E-state index contributed by atoms with van der Waals surface area (Å²) < 4.78 is 0. The average Bonchev–Trinajstić information content (AvgIpc) is 2.15. The molecule has 0 saturated carbocycles. The first kappa shape index (κ1) is 12.4. The van der Waals surface area contributed by atoms with Crippen molar-refractivity contribution in [3.05, 3.63) is 23.3 Å². The zero-order chi connectivity index (χ0) is 12.1. The summed E-state index contributed by atoms with van der Waals surface area (Å²) in [5.74, 6) is -1.03. The summed E-state index contributed by atoms with van der Waals surface area (Å²) in [6, 6.07) is 2.80. The van der Waals surface area contributed by atoms with E-state index >= 15 is 0 Å². The van der Waals surface area contributed by atoms with E-state index < -0.39 is 5.97 Å². The summed E-state index contributed by atoms with van der Waals surface area (Å²) in [6.45, 7) is 2.02. The van der Waals surface area contributed by atoms with E-state index in [0.717, 1.165) is 12.8 Å². The molecule has 0 fully saturated rings. The number of phenolic OH excluding ortho intramolecular Hbond substituents is 2. The zero-order valence-corrected chi connectivity index (χ0v) is 9.23. The van der Waals surface area contributed by atoms with Gasteiger partial charge in [-0.3, -0.25) is 4.79 Å². The number of unbranched alkanes of at least 4 members (excludes halogenated alkanes) is 1. The molecule has 1 aromatic rings. The maximum atomic E-state index is 10.5. The first-order chi connectivity index (χ1) is 7.54. The largest absolute Gasteiger partial charge is 0.508 e. The van der Waals surface area contributed by atoms with Crippen LogP contribution in [-0.4, -0.2) is 21.3 Å². The number of carbonyl (C=O) groups is 1. The molecule has 0 heterocycles. The quantitative estimate of drug-likeness (QED) is 0.715. The molecule has 0 aliphatic heterocycles. The molecule has 0 saturated heterocycles.